The largest absolute Gasteiger partial charge is 0.497 e. The van der Waals surface area contributed by atoms with Crippen molar-refractivity contribution in [1.29, 1.82) is 0 Å². The smallest absolute Gasteiger partial charge is 0.319 e. The van der Waals surface area contributed by atoms with Gasteiger partial charge in [-0.25, -0.2) is 12.8 Å². The number of ether oxygens (including phenoxy) is 1. The van der Waals surface area contributed by atoms with Crippen molar-refractivity contribution in [2.75, 3.05) is 7.11 Å². The normalized spacial score (nSPS) is 12.0. The molecular weight excluding hydrogens is 343 g/mol. The van der Waals surface area contributed by atoms with Crippen molar-refractivity contribution in [3.63, 3.8) is 0 Å². The van der Waals surface area contributed by atoms with Crippen LogP contribution in [0.15, 0.2) is 58.5 Å². The number of methoxy groups -OCH3 is 1. The highest BCUT2D eigenvalue weighted by Gasteiger charge is 2.25. The highest BCUT2D eigenvalue weighted by atomic mass is 32.2. The SMILES string of the molecule is COc1ccc(S(=O)(=O)c2cn(C(F)F)c3cc(F)ccc23)cc1. The van der Waals surface area contributed by atoms with Gasteiger partial charge in [-0.15, -0.1) is 0 Å². The van der Waals surface area contributed by atoms with Crippen LogP contribution in [0.2, 0.25) is 0 Å². The Morgan fingerprint density at radius 2 is 1.75 bits per heavy atom. The summed E-state index contributed by atoms with van der Waals surface area (Å²) in [5.74, 6) is -0.262. The van der Waals surface area contributed by atoms with E-state index in [-0.39, 0.29) is 20.7 Å². The molecule has 0 saturated carbocycles. The van der Waals surface area contributed by atoms with Crippen molar-refractivity contribution in [2.24, 2.45) is 0 Å². The topological polar surface area (TPSA) is 48.3 Å². The molecule has 1 heterocycles. The summed E-state index contributed by atoms with van der Waals surface area (Å²) in [7, 11) is -2.61. The van der Waals surface area contributed by atoms with Crippen LogP contribution in [0, 0.1) is 5.82 Å². The Balaban J connectivity index is 2.24. The first-order valence-corrected chi connectivity index (χ1v) is 8.30. The fraction of sp³-hybridized carbons (Fsp3) is 0.125. The van der Waals surface area contributed by atoms with E-state index in [2.05, 4.69) is 0 Å². The first-order chi connectivity index (χ1) is 11.3. The highest BCUT2D eigenvalue weighted by molar-refractivity contribution is 7.91. The van der Waals surface area contributed by atoms with Crippen molar-refractivity contribution < 1.29 is 26.3 Å². The summed E-state index contributed by atoms with van der Waals surface area (Å²) in [4.78, 5) is -0.371. The molecule has 126 valence electrons. The van der Waals surface area contributed by atoms with Crippen LogP contribution in [0.4, 0.5) is 13.2 Å². The Morgan fingerprint density at radius 3 is 2.33 bits per heavy atom. The van der Waals surface area contributed by atoms with Gasteiger partial charge < -0.3 is 4.74 Å². The lowest BCUT2D eigenvalue weighted by molar-refractivity contribution is 0.0748. The zero-order chi connectivity index (χ0) is 17.5. The quantitative estimate of drug-likeness (QED) is 0.710. The number of sulfone groups is 1. The first kappa shape index (κ1) is 16.4. The Labute approximate surface area is 136 Å². The number of hydrogen-bond donors (Lipinski definition) is 0. The molecule has 0 saturated heterocycles. The molecule has 0 N–H and O–H groups in total. The van der Waals surface area contributed by atoms with Crippen molar-refractivity contribution in [3.8, 4) is 5.75 Å². The molecule has 2 aromatic carbocycles. The lowest BCUT2D eigenvalue weighted by Crippen LogP contribution is -2.02. The molecular formula is C16H12F3NO3S. The van der Waals surface area contributed by atoms with Crippen LogP contribution < -0.4 is 4.74 Å². The summed E-state index contributed by atoms with van der Waals surface area (Å²) in [5.41, 5.74) is -0.183. The second kappa shape index (κ2) is 5.86. The van der Waals surface area contributed by atoms with Gasteiger partial charge in [0.05, 0.1) is 22.4 Å². The van der Waals surface area contributed by atoms with Crippen LogP contribution >= 0.6 is 0 Å². The summed E-state index contributed by atoms with van der Waals surface area (Å²) in [6.45, 7) is -2.99. The van der Waals surface area contributed by atoms with Crippen LogP contribution in [-0.2, 0) is 9.84 Å². The number of rotatable bonds is 4. The molecule has 24 heavy (non-hydrogen) atoms. The van der Waals surface area contributed by atoms with E-state index in [0.29, 0.717) is 10.3 Å². The molecule has 0 radical (unpaired) electrons. The summed E-state index contributed by atoms with van der Waals surface area (Å²) in [5, 5.41) is 0.0347. The van der Waals surface area contributed by atoms with Crippen molar-refractivity contribution in [2.45, 2.75) is 16.3 Å². The number of nitrogens with zero attached hydrogens (tertiary/aromatic N) is 1. The molecule has 8 heteroatoms. The van der Waals surface area contributed by atoms with Crippen molar-refractivity contribution in [3.05, 3.63) is 54.5 Å². The summed E-state index contributed by atoms with van der Waals surface area (Å²) >= 11 is 0. The number of aromatic nitrogens is 1. The van der Waals surface area contributed by atoms with E-state index >= 15 is 0 Å². The molecule has 0 atom stereocenters. The number of halogens is 3. The van der Waals surface area contributed by atoms with Gasteiger partial charge in [-0.05, 0) is 42.5 Å². The Morgan fingerprint density at radius 1 is 1.08 bits per heavy atom. The predicted molar refractivity (Wildman–Crippen MR) is 81.6 cm³/mol. The summed E-state index contributed by atoms with van der Waals surface area (Å²) < 4.78 is 70.6. The predicted octanol–water partition coefficient (Wildman–Crippen LogP) is 4.02. The lowest BCUT2D eigenvalue weighted by atomic mass is 10.2. The fourth-order valence-electron chi connectivity index (χ4n) is 2.45. The molecule has 3 aromatic rings. The maximum atomic E-state index is 13.4. The first-order valence-electron chi connectivity index (χ1n) is 6.82. The number of hydrogen-bond acceptors (Lipinski definition) is 3. The van der Waals surface area contributed by atoms with Crippen molar-refractivity contribution in [1.82, 2.24) is 4.57 Å². The number of alkyl halides is 2. The van der Waals surface area contributed by atoms with Gasteiger partial charge in [0.15, 0.2) is 0 Å². The zero-order valence-electron chi connectivity index (χ0n) is 12.4. The molecule has 0 amide bonds. The monoisotopic (exact) mass is 355 g/mol. The highest BCUT2D eigenvalue weighted by Crippen LogP contribution is 2.33. The minimum absolute atomic E-state index is 0.0347. The molecule has 0 unspecified atom stereocenters. The van der Waals surface area contributed by atoms with Gasteiger partial charge in [0, 0.05) is 11.6 Å². The number of fused-ring (bicyclic) bond motifs is 1. The van der Waals surface area contributed by atoms with Crippen LogP contribution in [0.25, 0.3) is 10.9 Å². The van der Waals surface area contributed by atoms with Gasteiger partial charge in [-0.2, -0.15) is 8.78 Å². The molecule has 0 bridgehead atoms. The Kier molecular flexibility index (Phi) is 4.00. The van der Waals surface area contributed by atoms with Gasteiger partial charge >= 0.3 is 6.55 Å². The van der Waals surface area contributed by atoms with E-state index in [0.717, 1.165) is 18.3 Å². The van der Waals surface area contributed by atoms with Gasteiger partial charge in [-0.3, -0.25) is 4.57 Å². The molecule has 3 rings (SSSR count). The van der Waals surface area contributed by atoms with Crippen molar-refractivity contribution >= 4 is 20.7 Å². The lowest BCUT2D eigenvalue weighted by Gasteiger charge is -2.05. The second-order valence-corrected chi connectivity index (χ2v) is 6.94. The minimum atomic E-state index is -4.05. The molecule has 0 aliphatic rings. The average Bonchev–Trinajstić information content (AvgIpc) is 2.94. The van der Waals surface area contributed by atoms with E-state index in [4.69, 9.17) is 4.74 Å². The van der Waals surface area contributed by atoms with Crippen LogP contribution in [0.5, 0.6) is 5.75 Å². The maximum Gasteiger partial charge on any atom is 0.319 e. The zero-order valence-corrected chi connectivity index (χ0v) is 13.2. The minimum Gasteiger partial charge on any atom is -0.497 e. The number of benzene rings is 2. The van der Waals surface area contributed by atoms with E-state index in [1.54, 1.807) is 0 Å². The molecule has 0 fully saturated rings. The van der Waals surface area contributed by atoms with E-state index in [1.165, 1.54) is 37.4 Å². The van der Waals surface area contributed by atoms with Crippen LogP contribution in [0.1, 0.15) is 6.55 Å². The third kappa shape index (κ3) is 2.62. The average molecular weight is 355 g/mol. The van der Waals surface area contributed by atoms with E-state index in [9.17, 15) is 21.6 Å². The van der Waals surface area contributed by atoms with Gasteiger partial charge in [0.25, 0.3) is 0 Å². The Bertz CT molecular complexity index is 995. The van der Waals surface area contributed by atoms with Gasteiger partial charge in [0.1, 0.15) is 11.6 Å². The maximum absolute atomic E-state index is 13.4. The van der Waals surface area contributed by atoms with Crippen LogP contribution in [0.3, 0.4) is 0 Å². The molecule has 1 aromatic heterocycles. The van der Waals surface area contributed by atoms with Crippen LogP contribution in [-0.4, -0.2) is 20.1 Å². The molecule has 0 spiro atoms. The van der Waals surface area contributed by atoms with E-state index < -0.39 is 22.2 Å². The second-order valence-electron chi connectivity index (χ2n) is 5.02. The third-order valence-corrected chi connectivity index (χ3v) is 5.43. The standard InChI is InChI=1S/C16H12F3NO3S/c1-23-11-3-5-12(6-4-11)24(21,22)15-9-20(16(18)19)14-8-10(17)2-7-13(14)15/h2-9,16H,1H3. The molecule has 0 aliphatic carbocycles. The van der Waals surface area contributed by atoms with Gasteiger partial charge in [0.2, 0.25) is 9.84 Å². The third-order valence-electron chi connectivity index (χ3n) is 3.63. The Hall–Kier alpha value is -2.48. The van der Waals surface area contributed by atoms with Gasteiger partial charge in [-0.1, -0.05) is 0 Å². The summed E-state index contributed by atoms with van der Waals surface area (Å²) in [6.07, 6.45) is 0.828. The molecule has 0 aliphatic heterocycles. The van der Waals surface area contributed by atoms with E-state index in [1.807, 2.05) is 0 Å². The fourth-order valence-corrected chi connectivity index (χ4v) is 3.91. The summed E-state index contributed by atoms with van der Waals surface area (Å²) in [6, 6.07) is 8.66. The molecule has 4 nitrogen and oxygen atoms in total.